The molecule has 4 rings (SSSR count). The summed E-state index contributed by atoms with van der Waals surface area (Å²) in [4.78, 5) is 52.9. The Balaban J connectivity index is 1.49. The Morgan fingerprint density at radius 2 is 1.62 bits per heavy atom. The van der Waals surface area contributed by atoms with Crippen molar-refractivity contribution in [3.05, 3.63) is 80.8 Å². The van der Waals surface area contributed by atoms with E-state index in [1.807, 2.05) is 0 Å². The largest absolute Gasteiger partial charge is 0.459 e. The molecule has 2 aromatic rings. The molecule has 1 N–H and O–H groups in total. The minimum absolute atomic E-state index is 0.0621. The van der Waals surface area contributed by atoms with Gasteiger partial charge in [0.05, 0.1) is 17.0 Å². The molecule has 2 heterocycles. The molecule has 0 spiro atoms. The van der Waals surface area contributed by atoms with Crippen molar-refractivity contribution >= 4 is 63.0 Å². The van der Waals surface area contributed by atoms with E-state index < -0.39 is 48.2 Å². The molecule has 1 unspecified atom stereocenters. The molecule has 3 amide bonds. The number of hydrogen-bond donors (Lipinski definition) is 1. The summed E-state index contributed by atoms with van der Waals surface area (Å²) in [6.07, 6.45) is -0.835. The van der Waals surface area contributed by atoms with Gasteiger partial charge in [0.2, 0.25) is 5.91 Å². The second-order valence-corrected chi connectivity index (χ2v) is 9.69. The van der Waals surface area contributed by atoms with Crippen molar-refractivity contribution in [2.75, 3.05) is 13.2 Å². The van der Waals surface area contributed by atoms with E-state index in [0.717, 1.165) is 0 Å². The monoisotopic (exact) mass is 610 g/mol. The van der Waals surface area contributed by atoms with Gasteiger partial charge in [-0.05, 0) is 53.5 Å². The number of nitrogens with one attached hydrogen (secondary N) is 1. The maximum Gasteiger partial charge on any atom is 0.338 e. The predicted octanol–water partition coefficient (Wildman–Crippen LogP) is 4.57. The fourth-order valence-corrected chi connectivity index (χ4v) is 4.54. The summed E-state index contributed by atoms with van der Waals surface area (Å²) in [5.41, 5.74) is 0.556. The third-order valence-corrected chi connectivity index (χ3v) is 6.66. The van der Waals surface area contributed by atoms with Crippen LogP contribution in [0.25, 0.3) is 0 Å². The number of benzene rings is 2. The molecule has 2 aliphatic heterocycles. The first kappa shape index (κ1) is 27.1. The van der Waals surface area contributed by atoms with Gasteiger partial charge in [-0.1, -0.05) is 45.2 Å². The van der Waals surface area contributed by atoms with Crippen molar-refractivity contribution in [3.63, 3.8) is 0 Å². The maximum absolute atomic E-state index is 12.8. The average molecular weight is 612 g/mol. The Kier molecular flexibility index (Phi) is 8.86. The number of amides is 3. The van der Waals surface area contributed by atoms with Gasteiger partial charge in [-0.2, -0.15) is 0 Å². The highest BCUT2D eigenvalue weighted by Crippen LogP contribution is 2.29. The average Bonchev–Trinajstić information content (AvgIpc) is 3.27. The molecule has 4 atom stereocenters. The normalized spacial score (nSPS) is 23.7. The molecule has 0 saturated carbocycles. The van der Waals surface area contributed by atoms with Gasteiger partial charge < -0.3 is 14.2 Å². The summed E-state index contributed by atoms with van der Waals surface area (Å²) in [6.45, 7) is -0.178. The van der Waals surface area contributed by atoms with Crippen LogP contribution < -0.4 is 5.32 Å². The van der Waals surface area contributed by atoms with Crippen LogP contribution in [0.5, 0.6) is 0 Å². The van der Waals surface area contributed by atoms with E-state index in [4.69, 9.17) is 37.4 Å². The van der Waals surface area contributed by atoms with Crippen molar-refractivity contribution in [2.24, 2.45) is 5.92 Å². The molecule has 194 valence electrons. The zero-order valence-electron chi connectivity index (χ0n) is 19.1. The Morgan fingerprint density at radius 1 is 1.03 bits per heavy atom. The first-order valence-electron chi connectivity index (χ1n) is 11.2. The summed E-state index contributed by atoms with van der Waals surface area (Å²) in [5.74, 6) is -2.28. The third kappa shape index (κ3) is 6.70. The highest BCUT2D eigenvalue weighted by atomic mass is 79.9. The lowest BCUT2D eigenvalue weighted by Gasteiger charge is -2.34. The Hall–Kier alpha value is -2.92. The minimum atomic E-state index is -0.868. The molecule has 12 heteroatoms. The van der Waals surface area contributed by atoms with E-state index in [1.54, 1.807) is 30.3 Å². The van der Waals surface area contributed by atoms with Crippen molar-refractivity contribution < 1.29 is 33.4 Å². The molecule has 0 aliphatic carbocycles. The number of carbonyl (C=O) groups excluding carboxylic acids is 4. The predicted molar refractivity (Wildman–Crippen MR) is 137 cm³/mol. The molecular formula is C25H21BrCl2N2O7. The van der Waals surface area contributed by atoms with Crippen molar-refractivity contribution in [1.82, 2.24) is 10.2 Å². The van der Waals surface area contributed by atoms with Crippen LogP contribution in [0, 0.1) is 5.92 Å². The fourth-order valence-electron chi connectivity index (χ4n) is 3.92. The molecule has 0 radical (unpaired) electrons. The van der Waals surface area contributed by atoms with Crippen molar-refractivity contribution in [1.29, 1.82) is 0 Å². The van der Waals surface area contributed by atoms with E-state index in [-0.39, 0.29) is 30.7 Å². The highest BCUT2D eigenvalue weighted by Gasteiger charge is 2.45. The highest BCUT2D eigenvalue weighted by molar-refractivity contribution is 9.11. The molecule has 37 heavy (non-hydrogen) atoms. The lowest BCUT2D eigenvalue weighted by atomic mass is 10.1. The number of rotatable bonds is 7. The smallest absolute Gasteiger partial charge is 0.338 e. The Morgan fingerprint density at radius 3 is 2.22 bits per heavy atom. The summed E-state index contributed by atoms with van der Waals surface area (Å²) >= 11 is 14.9. The van der Waals surface area contributed by atoms with Gasteiger partial charge >= 0.3 is 18.0 Å². The summed E-state index contributed by atoms with van der Waals surface area (Å²) in [6, 6.07) is 11.7. The molecule has 2 saturated heterocycles. The van der Waals surface area contributed by atoms with Gasteiger partial charge in [0.1, 0.15) is 25.0 Å². The first-order valence-corrected chi connectivity index (χ1v) is 12.9. The van der Waals surface area contributed by atoms with E-state index in [1.165, 1.54) is 34.2 Å². The molecule has 2 aromatic carbocycles. The number of hydrogen-bond acceptors (Lipinski definition) is 7. The second-order valence-electron chi connectivity index (χ2n) is 8.29. The van der Waals surface area contributed by atoms with Crippen LogP contribution in [0.1, 0.15) is 27.1 Å². The molecule has 9 nitrogen and oxygen atoms in total. The number of esters is 2. The molecular weight excluding hydrogens is 591 g/mol. The second kappa shape index (κ2) is 12.1. The SMILES string of the molecule is O=C(OC[C@H]1O[C@@H](N2CC(/C=C/Br)C(=O)NC2=O)C[C@@H]1OC(=O)c1ccc(Cl)cc1)c1ccc(Cl)cc1. The summed E-state index contributed by atoms with van der Waals surface area (Å²) in [7, 11) is 0. The van der Waals surface area contributed by atoms with E-state index in [0.29, 0.717) is 10.0 Å². The number of halogens is 3. The number of nitrogens with zero attached hydrogens (tertiary/aromatic N) is 1. The first-order chi connectivity index (χ1) is 17.7. The Labute approximate surface area is 230 Å². The summed E-state index contributed by atoms with van der Waals surface area (Å²) < 4.78 is 17.1. The van der Waals surface area contributed by atoms with Crippen LogP contribution in [0.2, 0.25) is 10.0 Å². The topological polar surface area (TPSA) is 111 Å². The molecule has 2 aliphatic rings. The zero-order valence-corrected chi connectivity index (χ0v) is 22.2. The van der Waals surface area contributed by atoms with Gasteiger partial charge in [0.25, 0.3) is 0 Å². The zero-order chi connectivity index (χ0) is 26.5. The van der Waals surface area contributed by atoms with Gasteiger partial charge in [-0.25, -0.2) is 14.4 Å². The number of imide groups is 1. The fraction of sp³-hybridized carbons (Fsp3) is 0.280. The van der Waals surface area contributed by atoms with Gasteiger partial charge in [-0.3, -0.25) is 15.0 Å². The maximum atomic E-state index is 12.8. The molecule has 0 bridgehead atoms. The van der Waals surface area contributed by atoms with Crippen LogP contribution in [0.4, 0.5) is 4.79 Å². The Bertz CT molecular complexity index is 1210. The lowest BCUT2D eigenvalue weighted by Crippen LogP contribution is -2.57. The van der Waals surface area contributed by atoms with Gasteiger partial charge in [0, 0.05) is 23.0 Å². The van der Waals surface area contributed by atoms with Crippen LogP contribution in [0.15, 0.2) is 59.6 Å². The molecule has 0 aromatic heterocycles. The van der Waals surface area contributed by atoms with E-state index in [9.17, 15) is 19.2 Å². The number of carbonyl (C=O) groups is 4. The van der Waals surface area contributed by atoms with Crippen LogP contribution in [-0.4, -0.2) is 60.4 Å². The number of ether oxygens (including phenoxy) is 3. The quantitative estimate of drug-likeness (QED) is 0.457. The lowest BCUT2D eigenvalue weighted by molar-refractivity contribution is -0.127. The molecule has 2 fully saturated rings. The van der Waals surface area contributed by atoms with Gasteiger partial charge in [0.15, 0.2) is 0 Å². The van der Waals surface area contributed by atoms with Crippen LogP contribution >= 0.6 is 39.1 Å². The third-order valence-electron chi connectivity index (χ3n) is 5.85. The van der Waals surface area contributed by atoms with E-state index in [2.05, 4.69) is 21.2 Å². The van der Waals surface area contributed by atoms with E-state index >= 15 is 0 Å². The van der Waals surface area contributed by atoms with Crippen molar-refractivity contribution in [2.45, 2.75) is 24.9 Å². The summed E-state index contributed by atoms with van der Waals surface area (Å²) in [5, 5.41) is 3.23. The standard InChI is InChI=1S/C25H21BrCl2N2O7/c26-10-9-16-12-30(25(34)29-22(16)31)21-11-19(37-24(33)15-3-7-18(28)8-4-15)20(36-21)13-35-23(32)14-1-5-17(27)6-2-14/h1-10,16,19-21H,11-13H2,(H,29,31,34)/b10-9+/t16?,19-,20+,21+/m0/s1. The van der Waals surface area contributed by atoms with Crippen molar-refractivity contribution in [3.8, 4) is 0 Å². The van der Waals surface area contributed by atoms with Crippen LogP contribution in [-0.2, 0) is 19.0 Å². The van der Waals surface area contributed by atoms with Crippen LogP contribution in [0.3, 0.4) is 0 Å². The number of urea groups is 1. The van der Waals surface area contributed by atoms with Gasteiger partial charge in [-0.15, -0.1) is 0 Å². The minimum Gasteiger partial charge on any atom is -0.459 e.